The number of carbonyl (C=O) groups excluding carboxylic acids is 1. The van der Waals surface area contributed by atoms with Gasteiger partial charge in [0.2, 0.25) is 5.91 Å². The molecule has 1 saturated heterocycles. The van der Waals surface area contributed by atoms with E-state index in [1.54, 1.807) is 19.3 Å². The zero-order chi connectivity index (χ0) is 18.1. The van der Waals surface area contributed by atoms with Crippen LogP contribution in [-0.2, 0) is 15.3 Å². The van der Waals surface area contributed by atoms with Crippen molar-refractivity contribution in [1.29, 1.82) is 0 Å². The number of aromatic nitrogens is 1. The lowest BCUT2D eigenvalue weighted by Crippen LogP contribution is -2.64. The van der Waals surface area contributed by atoms with Crippen molar-refractivity contribution in [3.05, 3.63) is 40.7 Å². The predicted octanol–water partition coefficient (Wildman–Crippen LogP) is 0.797. The summed E-state index contributed by atoms with van der Waals surface area (Å²) in [4.78, 5) is 30.2. The summed E-state index contributed by atoms with van der Waals surface area (Å²) in [5, 5.41) is 19.6. The SMILES string of the molecule is C[C@@H](O)[C@H]1C(=O)N2C(C(=O)O)=C(SCc3ccncc3)[C@H](CCN)[C@H]12. The van der Waals surface area contributed by atoms with Gasteiger partial charge in [-0.25, -0.2) is 4.79 Å². The molecule has 2 aliphatic rings. The van der Waals surface area contributed by atoms with Gasteiger partial charge in [-0.1, -0.05) is 0 Å². The van der Waals surface area contributed by atoms with Gasteiger partial charge in [0.15, 0.2) is 0 Å². The number of aliphatic hydroxyl groups is 1. The number of pyridine rings is 1. The van der Waals surface area contributed by atoms with E-state index in [0.29, 0.717) is 23.6 Å². The molecule has 1 aromatic rings. The van der Waals surface area contributed by atoms with E-state index < -0.39 is 18.0 Å². The molecule has 2 aliphatic heterocycles. The van der Waals surface area contributed by atoms with Crippen LogP contribution < -0.4 is 5.73 Å². The van der Waals surface area contributed by atoms with Crippen LogP contribution in [0.1, 0.15) is 18.9 Å². The predicted molar refractivity (Wildman–Crippen MR) is 93.2 cm³/mol. The number of β-lactam (4-membered cyclic amide) rings is 1. The third kappa shape index (κ3) is 3.05. The lowest BCUT2D eigenvalue weighted by Gasteiger charge is -2.47. The van der Waals surface area contributed by atoms with Crippen LogP contribution >= 0.6 is 11.8 Å². The molecule has 1 aromatic heterocycles. The average Bonchev–Trinajstić information content (AvgIpc) is 2.84. The molecular weight excluding hydrogens is 342 g/mol. The second-order valence-electron chi connectivity index (χ2n) is 6.31. The van der Waals surface area contributed by atoms with Crippen LogP contribution in [0.15, 0.2) is 35.1 Å². The molecule has 4 atom stereocenters. The highest BCUT2D eigenvalue weighted by atomic mass is 32.2. The molecule has 0 aliphatic carbocycles. The highest BCUT2D eigenvalue weighted by molar-refractivity contribution is 8.02. The Balaban J connectivity index is 1.91. The topological polar surface area (TPSA) is 117 Å². The van der Waals surface area contributed by atoms with E-state index in [0.717, 1.165) is 5.56 Å². The van der Waals surface area contributed by atoms with Gasteiger partial charge in [-0.2, -0.15) is 0 Å². The van der Waals surface area contributed by atoms with E-state index in [2.05, 4.69) is 4.98 Å². The Hall–Kier alpha value is -1.90. The Kier molecular flexibility index (Phi) is 5.12. The van der Waals surface area contributed by atoms with Crippen molar-refractivity contribution in [3.63, 3.8) is 0 Å². The molecular formula is C17H21N3O4S. The smallest absolute Gasteiger partial charge is 0.353 e. The maximum Gasteiger partial charge on any atom is 0.353 e. The van der Waals surface area contributed by atoms with Gasteiger partial charge in [-0.15, -0.1) is 11.8 Å². The minimum absolute atomic E-state index is 0.0457. The van der Waals surface area contributed by atoms with Crippen molar-refractivity contribution < 1.29 is 19.8 Å². The van der Waals surface area contributed by atoms with Crippen molar-refractivity contribution in [3.8, 4) is 0 Å². The van der Waals surface area contributed by atoms with Crippen LogP contribution in [0.2, 0.25) is 0 Å². The average molecular weight is 363 g/mol. The molecule has 0 radical (unpaired) electrons. The van der Waals surface area contributed by atoms with Gasteiger partial charge in [-0.05, 0) is 37.6 Å². The molecule has 0 bridgehead atoms. The number of aliphatic carboxylic acids is 1. The molecule has 0 unspecified atom stereocenters. The molecule has 0 spiro atoms. The maximum absolute atomic E-state index is 12.4. The number of hydrogen-bond acceptors (Lipinski definition) is 6. The second-order valence-corrected chi connectivity index (χ2v) is 7.33. The number of nitrogens with zero attached hydrogens (tertiary/aromatic N) is 2. The summed E-state index contributed by atoms with van der Waals surface area (Å²) in [7, 11) is 0. The standard InChI is InChI=1S/C17H21N3O4S/c1-9(21)12-13-11(2-5-18)15(14(17(23)24)20(13)16(12)22)25-8-10-3-6-19-7-4-10/h3-4,6-7,9,11-13,21H,2,5,8,18H2,1H3,(H,23,24)/t9-,11-,12-,13-/m1/s1. The molecule has 4 N–H and O–H groups in total. The molecule has 25 heavy (non-hydrogen) atoms. The van der Waals surface area contributed by atoms with Crippen molar-refractivity contribution >= 4 is 23.6 Å². The van der Waals surface area contributed by atoms with Gasteiger partial charge >= 0.3 is 5.97 Å². The summed E-state index contributed by atoms with van der Waals surface area (Å²) in [6.45, 7) is 1.96. The van der Waals surface area contributed by atoms with E-state index in [-0.39, 0.29) is 23.6 Å². The van der Waals surface area contributed by atoms with E-state index >= 15 is 0 Å². The van der Waals surface area contributed by atoms with Crippen LogP contribution in [0.4, 0.5) is 0 Å². The van der Waals surface area contributed by atoms with Crippen LogP contribution in [0.5, 0.6) is 0 Å². The number of carboxylic acids is 1. The van der Waals surface area contributed by atoms with E-state index in [1.807, 2.05) is 12.1 Å². The molecule has 3 rings (SSSR count). The summed E-state index contributed by atoms with van der Waals surface area (Å²) < 4.78 is 0. The maximum atomic E-state index is 12.4. The number of nitrogens with two attached hydrogens (primary N) is 1. The lowest BCUT2D eigenvalue weighted by molar-refractivity contribution is -0.163. The Morgan fingerprint density at radius 1 is 1.44 bits per heavy atom. The molecule has 7 nitrogen and oxygen atoms in total. The van der Waals surface area contributed by atoms with Crippen LogP contribution in [-0.4, -0.2) is 50.7 Å². The number of hydrogen-bond donors (Lipinski definition) is 3. The summed E-state index contributed by atoms with van der Waals surface area (Å²) in [6, 6.07) is 3.43. The number of thioether (sulfide) groups is 1. The number of fused-ring (bicyclic) bond motifs is 1. The summed E-state index contributed by atoms with van der Waals surface area (Å²) >= 11 is 1.42. The monoisotopic (exact) mass is 363 g/mol. The minimum Gasteiger partial charge on any atom is -0.477 e. The van der Waals surface area contributed by atoms with Gasteiger partial charge in [0.05, 0.1) is 18.1 Å². The van der Waals surface area contributed by atoms with Crippen molar-refractivity contribution in [2.75, 3.05) is 6.54 Å². The number of amides is 1. The second kappa shape index (κ2) is 7.15. The zero-order valence-electron chi connectivity index (χ0n) is 13.8. The highest BCUT2D eigenvalue weighted by Gasteiger charge is 2.60. The summed E-state index contributed by atoms with van der Waals surface area (Å²) in [5.41, 5.74) is 6.80. The zero-order valence-corrected chi connectivity index (χ0v) is 14.6. The fraction of sp³-hybridized carbons (Fsp3) is 0.471. The van der Waals surface area contributed by atoms with Gasteiger partial charge in [0.25, 0.3) is 0 Å². The molecule has 1 fully saturated rings. The molecule has 8 heteroatoms. The first-order valence-electron chi connectivity index (χ1n) is 8.17. The first-order chi connectivity index (χ1) is 12.0. The van der Waals surface area contributed by atoms with Crippen LogP contribution in [0.3, 0.4) is 0 Å². The summed E-state index contributed by atoms with van der Waals surface area (Å²) in [5.74, 6) is -1.56. The molecule has 1 amide bonds. The quantitative estimate of drug-likeness (QED) is 0.613. The Morgan fingerprint density at radius 3 is 2.68 bits per heavy atom. The third-order valence-corrected chi connectivity index (χ3v) is 6.04. The van der Waals surface area contributed by atoms with Gasteiger partial charge in [0, 0.05) is 29.0 Å². The van der Waals surface area contributed by atoms with E-state index in [4.69, 9.17) is 5.73 Å². The van der Waals surface area contributed by atoms with Crippen molar-refractivity contribution in [1.82, 2.24) is 9.88 Å². The Labute approximate surface area is 149 Å². The normalized spacial score (nSPS) is 26.4. The lowest BCUT2D eigenvalue weighted by atomic mass is 9.77. The molecule has 134 valence electrons. The van der Waals surface area contributed by atoms with Crippen molar-refractivity contribution in [2.24, 2.45) is 17.6 Å². The largest absolute Gasteiger partial charge is 0.477 e. The molecule has 3 heterocycles. The fourth-order valence-electron chi connectivity index (χ4n) is 3.67. The van der Waals surface area contributed by atoms with Crippen molar-refractivity contribution in [2.45, 2.75) is 31.2 Å². The Bertz CT molecular complexity index is 707. The van der Waals surface area contributed by atoms with Crippen LogP contribution in [0, 0.1) is 11.8 Å². The highest BCUT2D eigenvalue weighted by Crippen LogP contribution is 2.52. The first kappa shape index (κ1) is 17.9. The van der Waals surface area contributed by atoms with Gasteiger partial charge < -0.3 is 20.8 Å². The minimum atomic E-state index is -1.11. The molecule has 0 saturated carbocycles. The third-order valence-electron chi connectivity index (χ3n) is 4.76. The first-order valence-corrected chi connectivity index (χ1v) is 9.16. The molecule has 0 aromatic carbocycles. The fourth-order valence-corrected chi connectivity index (χ4v) is 4.98. The Morgan fingerprint density at radius 2 is 2.12 bits per heavy atom. The van der Waals surface area contributed by atoms with E-state index in [9.17, 15) is 19.8 Å². The number of carboxylic acid groups (broad SMARTS) is 1. The van der Waals surface area contributed by atoms with Gasteiger partial charge in [0.1, 0.15) is 5.70 Å². The van der Waals surface area contributed by atoms with Gasteiger partial charge in [-0.3, -0.25) is 9.78 Å². The number of aliphatic hydroxyl groups excluding tert-OH is 1. The van der Waals surface area contributed by atoms with E-state index in [1.165, 1.54) is 16.7 Å². The number of rotatable bonds is 7. The van der Waals surface area contributed by atoms with Crippen LogP contribution in [0.25, 0.3) is 0 Å². The number of carbonyl (C=O) groups is 2. The summed E-state index contributed by atoms with van der Waals surface area (Å²) in [6.07, 6.45) is 3.14.